The van der Waals surface area contributed by atoms with E-state index in [0.717, 1.165) is 45.3 Å². The molecule has 1 heterocycles. The second-order valence-electron chi connectivity index (χ2n) is 5.57. The first kappa shape index (κ1) is 17.9. The van der Waals surface area contributed by atoms with Crippen molar-refractivity contribution in [3.63, 3.8) is 0 Å². The molecular weight excluding hydrogens is 274 g/mol. The van der Waals surface area contributed by atoms with Gasteiger partial charge < -0.3 is 10.2 Å². The lowest BCUT2D eigenvalue weighted by Crippen LogP contribution is -2.30. The fourth-order valence-electron chi connectivity index (χ4n) is 2.45. The Hall–Kier alpha value is -0.170. The first-order valence-electron chi connectivity index (χ1n) is 8.04. The topological polar surface area (TPSA) is 61.4 Å². The fourth-order valence-corrected chi connectivity index (χ4v) is 3.64. The van der Waals surface area contributed by atoms with Crippen LogP contribution in [0.5, 0.6) is 0 Å². The molecule has 0 aromatic carbocycles. The summed E-state index contributed by atoms with van der Waals surface area (Å²) < 4.78 is 26.3. The van der Waals surface area contributed by atoms with Gasteiger partial charge in [0.15, 0.2) is 0 Å². The Labute approximate surface area is 124 Å². The summed E-state index contributed by atoms with van der Waals surface area (Å²) in [5.74, 6) is 0.254. The van der Waals surface area contributed by atoms with E-state index in [2.05, 4.69) is 21.9 Å². The van der Waals surface area contributed by atoms with Crippen LogP contribution in [-0.4, -0.2) is 58.3 Å². The maximum absolute atomic E-state index is 11.8. The molecule has 1 aliphatic heterocycles. The highest BCUT2D eigenvalue weighted by Gasteiger charge is 2.12. The molecule has 0 aromatic heterocycles. The molecule has 20 heavy (non-hydrogen) atoms. The van der Waals surface area contributed by atoms with Crippen LogP contribution < -0.4 is 10.0 Å². The number of nitrogens with one attached hydrogen (secondary N) is 2. The molecular formula is C14H31N3O2S. The molecule has 0 unspecified atom stereocenters. The Morgan fingerprint density at radius 1 is 1.00 bits per heavy atom. The van der Waals surface area contributed by atoms with Crippen molar-refractivity contribution in [2.24, 2.45) is 0 Å². The predicted molar refractivity (Wildman–Crippen MR) is 84.5 cm³/mol. The molecule has 0 bridgehead atoms. The largest absolute Gasteiger partial charge is 0.317 e. The maximum Gasteiger partial charge on any atom is 0.211 e. The third-order valence-corrected chi connectivity index (χ3v) is 5.09. The summed E-state index contributed by atoms with van der Waals surface area (Å²) in [4.78, 5) is 2.41. The predicted octanol–water partition coefficient (Wildman–Crippen LogP) is 1.17. The Kier molecular flexibility index (Phi) is 9.42. The van der Waals surface area contributed by atoms with Crippen LogP contribution in [0.25, 0.3) is 0 Å². The van der Waals surface area contributed by atoms with Crippen LogP contribution in [0.4, 0.5) is 0 Å². The van der Waals surface area contributed by atoms with Gasteiger partial charge in [0, 0.05) is 6.54 Å². The molecule has 1 rings (SSSR count). The van der Waals surface area contributed by atoms with Crippen molar-refractivity contribution in [2.45, 2.75) is 45.4 Å². The van der Waals surface area contributed by atoms with E-state index in [-0.39, 0.29) is 5.75 Å². The lowest BCUT2D eigenvalue weighted by molar-refractivity contribution is 0.334. The molecule has 1 saturated heterocycles. The monoisotopic (exact) mass is 305 g/mol. The van der Waals surface area contributed by atoms with Crippen LogP contribution in [0.2, 0.25) is 0 Å². The first-order chi connectivity index (χ1) is 9.64. The summed E-state index contributed by atoms with van der Waals surface area (Å²) in [5.41, 5.74) is 0. The van der Waals surface area contributed by atoms with Crippen molar-refractivity contribution in [2.75, 3.05) is 45.0 Å². The molecule has 0 radical (unpaired) electrons. The Morgan fingerprint density at radius 2 is 1.75 bits per heavy atom. The molecule has 0 aromatic rings. The van der Waals surface area contributed by atoms with Crippen molar-refractivity contribution in [1.29, 1.82) is 0 Å². The van der Waals surface area contributed by atoms with Crippen LogP contribution in [0.15, 0.2) is 0 Å². The minimum atomic E-state index is -3.07. The third-order valence-electron chi connectivity index (χ3n) is 3.62. The van der Waals surface area contributed by atoms with Gasteiger partial charge in [-0.15, -0.1) is 0 Å². The van der Waals surface area contributed by atoms with E-state index in [9.17, 15) is 8.42 Å². The van der Waals surface area contributed by atoms with Gasteiger partial charge in [-0.25, -0.2) is 13.1 Å². The van der Waals surface area contributed by atoms with Gasteiger partial charge in [-0.05, 0) is 71.2 Å². The number of hydrogen-bond acceptors (Lipinski definition) is 4. The van der Waals surface area contributed by atoms with E-state index < -0.39 is 10.0 Å². The van der Waals surface area contributed by atoms with Crippen LogP contribution in [0.1, 0.15) is 45.4 Å². The van der Waals surface area contributed by atoms with E-state index >= 15 is 0 Å². The van der Waals surface area contributed by atoms with Crippen LogP contribution in [0.3, 0.4) is 0 Å². The fraction of sp³-hybridized carbons (Fsp3) is 1.00. The summed E-state index contributed by atoms with van der Waals surface area (Å²) in [5, 5.41) is 3.28. The SMILES string of the molecule is CCCNCCCCS(=O)(=O)NCCCN1CCCC1. The van der Waals surface area contributed by atoms with Crippen molar-refractivity contribution in [1.82, 2.24) is 14.9 Å². The number of sulfonamides is 1. The summed E-state index contributed by atoms with van der Waals surface area (Å²) in [7, 11) is -3.07. The van der Waals surface area contributed by atoms with Gasteiger partial charge in [0.1, 0.15) is 0 Å². The number of rotatable bonds is 12. The molecule has 1 fully saturated rings. The number of nitrogens with zero attached hydrogens (tertiary/aromatic N) is 1. The van der Waals surface area contributed by atoms with E-state index in [1.807, 2.05) is 0 Å². The standard InChI is InChI=1S/C14H31N3O2S/c1-2-8-15-9-3-6-14-20(18,19)16-10-7-13-17-11-4-5-12-17/h15-16H,2-14H2,1H3. The highest BCUT2D eigenvalue weighted by atomic mass is 32.2. The highest BCUT2D eigenvalue weighted by molar-refractivity contribution is 7.89. The van der Waals surface area contributed by atoms with Crippen LogP contribution in [-0.2, 0) is 10.0 Å². The zero-order valence-electron chi connectivity index (χ0n) is 12.9. The summed E-state index contributed by atoms with van der Waals surface area (Å²) in [6.45, 7) is 8.01. The second kappa shape index (κ2) is 10.5. The average molecular weight is 305 g/mol. The third kappa shape index (κ3) is 8.89. The van der Waals surface area contributed by atoms with Crippen molar-refractivity contribution >= 4 is 10.0 Å². The molecule has 120 valence electrons. The van der Waals surface area contributed by atoms with Gasteiger partial charge in [-0.2, -0.15) is 0 Å². The molecule has 0 aliphatic carbocycles. The summed E-state index contributed by atoms with van der Waals surface area (Å²) >= 11 is 0. The minimum Gasteiger partial charge on any atom is -0.317 e. The highest BCUT2D eigenvalue weighted by Crippen LogP contribution is 2.07. The minimum absolute atomic E-state index is 0.254. The molecule has 6 heteroatoms. The first-order valence-corrected chi connectivity index (χ1v) is 9.69. The van der Waals surface area contributed by atoms with Gasteiger partial charge in [-0.3, -0.25) is 0 Å². The normalized spacial score (nSPS) is 16.9. The Bertz CT molecular complexity index is 327. The lowest BCUT2D eigenvalue weighted by atomic mass is 10.3. The smallest absolute Gasteiger partial charge is 0.211 e. The van der Waals surface area contributed by atoms with E-state index in [0.29, 0.717) is 6.54 Å². The number of likely N-dealkylation sites (tertiary alicyclic amines) is 1. The Balaban J connectivity index is 1.97. The van der Waals surface area contributed by atoms with Crippen molar-refractivity contribution in [3.05, 3.63) is 0 Å². The molecule has 0 atom stereocenters. The number of unbranched alkanes of at least 4 members (excludes halogenated alkanes) is 1. The van der Waals surface area contributed by atoms with Gasteiger partial charge in [0.25, 0.3) is 0 Å². The zero-order valence-corrected chi connectivity index (χ0v) is 13.7. The van der Waals surface area contributed by atoms with Crippen LogP contribution >= 0.6 is 0 Å². The average Bonchev–Trinajstić information content (AvgIpc) is 2.92. The molecule has 5 nitrogen and oxygen atoms in total. The summed E-state index contributed by atoms with van der Waals surface area (Å²) in [6, 6.07) is 0. The lowest BCUT2D eigenvalue weighted by Gasteiger charge is -2.14. The second-order valence-corrected chi connectivity index (χ2v) is 7.50. The summed E-state index contributed by atoms with van der Waals surface area (Å²) in [6.07, 6.45) is 6.27. The molecule has 0 amide bonds. The van der Waals surface area contributed by atoms with E-state index in [1.54, 1.807) is 0 Å². The van der Waals surface area contributed by atoms with Crippen molar-refractivity contribution < 1.29 is 8.42 Å². The van der Waals surface area contributed by atoms with Gasteiger partial charge in [-0.1, -0.05) is 6.92 Å². The molecule has 2 N–H and O–H groups in total. The van der Waals surface area contributed by atoms with E-state index in [4.69, 9.17) is 0 Å². The van der Waals surface area contributed by atoms with Crippen molar-refractivity contribution in [3.8, 4) is 0 Å². The maximum atomic E-state index is 11.8. The quantitative estimate of drug-likeness (QED) is 0.531. The molecule has 0 saturated carbocycles. The van der Waals surface area contributed by atoms with Gasteiger partial charge in [0.2, 0.25) is 10.0 Å². The van der Waals surface area contributed by atoms with Crippen LogP contribution in [0, 0.1) is 0 Å². The van der Waals surface area contributed by atoms with Gasteiger partial charge in [0.05, 0.1) is 5.75 Å². The number of hydrogen-bond donors (Lipinski definition) is 2. The Morgan fingerprint density at radius 3 is 2.45 bits per heavy atom. The van der Waals surface area contributed by atoms with Gasteiger partial charge >= 0.3 is 0 Å². The zero-order chi connectivity index (χ0) is 14.7. The molecule has 1 aliphatic rings. The van der Waals surface area contributed by atoms with E-state index in [1.165, 1.54) is 25.9 Å². The molecule has 0 spiro atoms.